The van der Waals surface area contributed by atoms with Crippen molar-refractivity contribution in [3.63, 3.8) is 0 Å². The molecule has 1 aliphatic heterocycles. The van der Waals surface area contributed by atoms with Gasteiger partial charge in [-0.15, -0.1) is 0 Å². The van der Waals surface area contributed by atoms with Gasteiger partial charge in [0.1, 0.15) is 5.78 Å². The predicted octanol–water partition coefficient (Wildman–Crippen LogP) is 2.51. The summed E-state index contributed by atoms with van der Waals surface area (Å²) in [6, 6.07) is 4.14. The van der Waals surface area contributed by atoms with Gasteiger partial charge in [0.05, 0.1) is 22.9 Å². The molecule has 0 amide bonds. The first kappa shape index (κ1) is 18.7. The number of carbonyl (C=O) groups is 1. The van der Waals surface area contributed by atoms with Crippen LogP contribution < -0.4 is 0 Å². The molecule has 1 aromatic rings. The molecule has 0 atom stereocenters. The summed E-state index contributed by atoms with van der Waals surface area (Å²) < 4.78 is 27.1. The number of fused-ring (bicyclic) bond motifs is 1. The first-order chi connectivity index (χ1) is 13.9. The third kappa shape index (κ3) is 3.56. The summed E-state index contributed by atoms with van der Waals surface area (Å²) in [5, 5.41) is 9.26. The lowest BCUT2D eigenvalue weighted by Gasteiger charge is -2.19. The lowest BCUT2D eigenvalue weighted by Crippen LogP contribution is -2.34. The van der Waals surface area contributed by atoms with Gasteiger partial charge in [0.15, 0.2) is 0 Å². The van der Waals surface area contributed by atoms with Crippen molar-refractivity contribution in [3.8, 4) is 6.07 Å². The molecule has 1 aromatic heterocycles. The van der Waals surface area contributed by atoms with E-state index in [1.165, 1.54) is 4.31 Å². The second-order valence-corrected chi connectivity index (χ2v) is 10.7. The van der Waals surface area contributed by atoms with Gasteiger partial charge in [-0.3, -0.25) is 9.78 Å². The minimum Gasteiger partial charge on any atom is -0.299 e. The standard InChI is InChI=1S/C22H23N3O3S/c23-13-22(7-8-22)14-29(27,28)25-9-6-16(12-25)19-10-17(11-21(26)15-4-5-15)24-20-3-1-2-18(19)20/h1-2,6,10,15H,3-5,7-9,11-12,14H2. The fourth-order valence-corrected chi connectivity index (χ4v) is 6.07. The van der Waals surface area contributed by atoms with E-state index >= 15 is 0 Å². The molecule has 2 heterocycles. The quantitative estimate of drug-likeness (QED) is 0.690. The van der Waals surface area contributed by atoms with E-state index in [4.69, 9.17) is 4.98 Å². The number of nitriles is 1. The van der Waals surface area contributed by atoms with Gasteiger partial charge in [0.25, 0.3) is 0 Å². The monoisotopic (exact) mass is 409 g/mol. The van der Waals surface area contributed by atoms with Crippen molar-refractivity contribution in [2.24, 2.45) is 11.3 Å². The zero-order valence-electron chi connectivity index (χ0n) is 16.2. The molecule has 2 saturated carbocycles. The molecule has 0 spiro atoms. The number of rotatable bonds is 7. The van der Waals surface area contributed by atoms with Gasteiger partial charge in [-0.1, -0.05) is 18.2 Å². The van der Waals surface area contributed by atoms with Gasteiger partial charge >= 0.3 is 0 Å². The van der Waals surface area contributed by atoms with Crippen molar-refractivity contribution in [3.05, 3.63) is 40.7 Å². The molecule has 0 aromatic carbocycles. The summed E-state index contributed by atoms with van der Waals surface area (Å²) in [7, 11) is -3.48. The molecular weight excluding hydrogens is 386 g/mol. The SMILES string of the molecule is N#CC1(CS(=O)(=O)N2CC=C(c3cc(CC(=O)C4CC4)nc4c3C=CC4)C2)CC1. The number of sulfonamides is 1. The minimum absolute atomic E-state index is 0.0902. The Labute approximate surface area is 171 Å². The number of nitrogens with zero attached hydrogens (tertiary/aromatic N) is 3. The number of hydrogen-bond donors (Lipinski definition) is 0. The molecule has 0 radical (unpaired) electrons. The van der Waals surface area contributed by atoms with E-state index < -0.39 is 15.4 Å². The summed E-state index contributed by atoms with van der Waals surface area (Å²) in [5.41, 5.74) is 4.04. The van der Waals surface area contributed by atoms with Crippen molar-refractivity contribution in [2.75, 3.05) is 18.8 Å². The van der Waals surface area contributed by atoms with Crippen LogP contribution in [0.5, 0.6) is 0 Å². The smallest absolute Gasteiger partial charge is 0.216 e. The zero-order valence-corrected chi connectivity index (χ0v) is 17.0. The highest BCUT2D eigenvalue weighted by Crippen LogP contribution is 2.46. The lowest BCUT2D eigenvalue weighted by atomic mass is 9.98. The number of ketones is 1. The molecule has 7 heteroatoms. The second-order valence-electron chi connectivity index (χ2n) is 8.72. The Bertz CT molecular complexity index is 1100. The molecule has 6 nitrogen and oxygen atoms in total. The van der Waals surface area contributed by atoms with Gasteiger partial charge in [0, 0.05) is 43.1 Å². The lowest BCUT2D eigenvalue weighted by molar-refractivity contribution is -0.119. The van der Waals surface area contributed by atoms with Crippen LogP contribution in [0.4, 0.5) is 0 Å². The molecule has 0 unspecified atom stereocenters. The molecule has 5 rings (SSSR count). The Balaban J connectivity index is 1.38. The molecule has 2 fully saturated rings. The molecule has 0 N–H and O–H groups in total. The Hall–Kier alpha value is -2.30. The van der Waals surface area contributed by atoms with Gasteiger partial charge in [-0.25, -0.2) is 8.42 Å². The van der Waals surface area contributed by atoms with Crippen LogP contribution in [0.25, 0.3) is 11.6 Å². The zero-order chi connectivity index (χ0) is 20.2. The number of hydrogen-bond acceptors (Lipinski definition) is 5. The van der Waals surface area contributed by atoms with Crippen molar-refractivity contribution in [1.82, 2.24) is 9.29 Å². The van der Waals surface area contributed by atoms with E-state index in [0.717, 1.165) is 47.4 Å². The summed E-state index contributed by atoms with van der Waals surface area (Å²) in [5.74, 6) is 0.366. The van der Waals surface area contributed by atoms with Crippen LogP contribution in [-0.4, -0.2) is 42.3 Å². The van der Waals surface area contributed by atoms with Crippen molar-refractivity contribution < 1.29 is 13.2 Å². The number of carbonyl (C=O) groups excluding carboxylic acids is 1. The van der Waals surface area contributed by atoms with Gasteiger partial charge in [-0.05, 0) is 42.9 Å². The third-order valence-corrected chi connectivity index (χ3v) is 8.33. The van der Waals surface area contributed by atoms with Crippen molar-refractivity contribution in [2.45, 2.75) is 38.5 Å². The summed E-state index contributed by atoms with van der Waals surface area (Å²) in [6.07, 6.45) is 10.4. The maximum absolute atomic E-state index is 12.8. The maximum Gasteiger partial charge on any atom is 0.216 e. The number of aromatic nitrogens is 1. The highest BCUT2D eigenvalue weighted by atomic mass is 32.2. The van der Waals surface area contributed by atoms with Crippen LogP contribution >= 0.6 is 0 Å². The number of Topliss-reactive ketones (excluding diaryl/α,β-unsaturated/α-hetero) is 1. The van der Waals surface area contributed by atoms with Gasteiger partial charge in [-0.2, -0.15) is 9.57 Å². The Morgan fingerprint density at radius 3 is 2.83 bits per heavy atom. The van der Waals surface area contributed by atoms with E-state index in [1.54, 1.807) is 0 Å². The van der Waals surface area contributed by atoms with E-state index in [0.29, 0.717) is 32.4 Å². The van der Waals surface area contributed by atoms with Crippen LogP contribution in [0.2, 0.25) is 0 Å². The predicted molar refractivity (Wildman–Crippen MR) is 109 cm³/mol. The topological polar surface area (TPSA) is 91.1 Å². The highest BCUT2D eigenvalue weighted by Gasteiger charge is 2.48. The Kier molecular flexibility index (Phi) is 4.27. The van der Waals surface area contributed by atoms with E-state index in [2.05, 4.69) is 12.1 Å². The molecule has 0 bridgehead atoms. The van der Waals surface area contributed by atoms with Crippen LogP contribution in [-0.2, 0) is 27.7 Å². The highest BCUT2D eigenvalue weighted by molar-refractivity contribution is 7.89. The van der Waals surface area contributed by atoms with Crippen molar-refractivity contribution in [1.29, 1.82) is 5.26 Å². The summed E-state index contributed by atoms with van der Waals surface area (Å²) >= 11 is 0. The number of allylic oxidation sites excluding steroid dienone is 1. The second kappa shape index (κ2) is 6.61. The van der Waals surface area contributed by atoms with E-state index in [9.17, 15) is 18.5 Å². The van der Waals surface area contributed by atoms with Crippen LogP contribution in [0, 0.1) is 22.7 Å². The van der Waals surface area contributed by atoms with Gasteiger partial charge < -0.3 is 0 Å². The van der Waals surface area contributed by atoms with Crippen LogP contribution in [0.3, 0.4) is 0 Å². The van der Waals surface area contributed by atoms with E-state index in [1.807, 2.05) is 18.2 Å². The molecule has 0 saturated heterocycles. The number of pyridine rings is 1. The largest absolute Gasteiger partial charge is 0.299 e. The summed E-state index contributed by atoms with van der Waals surface area (Å²) in [6.45, 7) is 0.639. The summed E-state index contributed by atoms with van der Waals surface area (Å²) in [4.78, 5) is 17.0. The molecule has 150 valence electrons. The normalized spacial score (nSPS) is 22.2. The first-order valence-electron chi connectivity index (χ1n) is 10.2. The Morgan fingerprint density at radius 1 is 1.34 bits per heavy atom. The van der Waals surface area contributed by atoms with Gasteiger partial charge in [0.2, 0.25) is 10.0 Å². The molecule has 29 heavy (non-hydrogen) atoms. The fraction of sp³-hybridized carbons (Fsp3) is 0.500. The average molecular weight is 410 g/mol. The first-order valence-corrected chi connectivity index (χ1v) is 11.8. The maximum atomic E-state index is 12.8. The third-order valence-electron chi connectivity index (χ3n) is 6.35. The molecule has 3 aliphatic carbocycles. The molecule has 4 aliphatic rings. The van der Waals surface area contributed by atoms with E-state index in [-0.39, 0.29) is 17.5 Å². The van der Waals surface area contributed by atoms with Crippen molar-refractivity contribution >= 4 is 27.5 Å². The Morgan fingerprint density at radius 2 is 2.14 bits per heavy atom. The van der Waals surface area contributed by atoms with Crippen LogP contribution in [0.1, 0.15) is 48.2 Å². The fourth-order valence-electron chi connectivity index (χ4n) is 4.20. The average Bonchev–Trinajstić information content (AvgIpc) is 3.57. The molecular formula is C22H23N3O3S. The minimum atomic E-state index is -3.48. The van der Waals surface area contributed by atoms with Crippen LogP contribution in [0.15, 0.2) is 18.2 Å².